The van der Waals surface area contributed by atoms with Crippen LogP contribution in [0, 0.1) is 0 Å². The van der Waals surface area contributed by atoms with E-state index in [4.69, 9.17) is 4.84 Å². The minimum Gasteiger partial charge on any atom is -0.389 e. The average molecular weight is 355 g/mol. The molecule has 0 atom stereocenters. The molecule has 0 N–H and O–H groups in total. The van der Waals surface area contributed by atoms with Crippen LogP contribution in [0.2, 0.25) is 0 Å². The van der Waals surface area contributed by atoms with Gasteiger partial charge in [0.05, 0.1) is 22.9 Å². The molecule has 16 heavy (non-hydrogen) atoms. The first-order chi connectivity index (χ1) is 7.48. The Morgan fingerprint density at radius 2 is 2.31 bits per heavy atom. The Balaban J connectivity index is 2.61. The van der Waals surface area contributed by atoms with Crippen molar-refractivity contribution < 1.29 is 4.84 Å². The van der Waals surface area contributed by atoms with Crippen molar-refractivity contribution in [3.8, 4) is 0 Å². The third kappa shape index (κ3) is 4.12. The Morgan fingerprint density at radius 3 is 2.75 bits per heavy atom. The van der Waals surface area contributed by atoms with Gasteiger partial charge in [0.25, 0.3) is 0 Å². The van der Waals surface area contributed by atoms with Gasteiger partial charge in [-0.1, -0.05) is 5.16 Å². The molecule has 0 aliphatic carbocycles. The van der Waals surface area contributed by atoms with Gasteiger partial charge in [-0.2, -0.15) is 0 Å². The largest absolute Gasteiger partial charge is 0.389 e. The number of rotatable bonds is 2. The molecular weight excluding hydrogens is 337 g/mol. The SMILES string of the molecule is CCN=C(SC1=NOC(C)(C)C1)N(I)CC. The summed E-state index contributed by atoms with van der Waals surface area (Å²) in [7, 11) is 0. The number of nitrogens with zero attached hydrogens (tertiary/aromatic N) is 3. The molecule has 0 aromatic heterocycles. The summed E-state index contributed by atoms with van der Waals surface area (Å²) < 4.78 is 2.10. The maximum Gasteiger partial charge on any atom is 0.174 e. The summed E-state index contributed by atoms with van der Waals surface area (Å²) in [5.41, 5.74) is -0.165. The predicted molar refractivity (Wildman–Crippen MR) is 79.2 cm³/mol. The molecule has 4 nitrogen and oxygen atoms in total. The molecule has 0 amide bonds. The molecule has 0 aromatic carbocycles. The lowest BCUT2D eigenvalue weighted by Gasteiger charge is -2.16. The summed E-state index contributed by atoms with van der Waals surface area (Å²) in [5.74, 6) is 0. The second-order valence-corrected chi connectivity index (χ2v) is 6.26. The molecule has 0 bridgehead atoms. The van der Waals surface area contributed by atoms with Gasteiger partial charge < -0.3 is 4.84 Å². The zero-order valence-corrected chi connectivity index (χ0v) is 13.1. The van der Waals surface area contributed by atoms with Crippen molar-refractivity contribution in [3.05, 3.63) is 0 Å². The van der Waals surface area contributed by atoms with Gasteiger partial charge in [-0.15, -0.1) is 0 Å². The number of aliphatic imine (C=N–C) groups is 1. The molecule has 1 rings (SSSR count). The van der Waals surface area contributed by atoms with Crippen molar-refractivity contribution in [3.63, 3.8) is 0 Å². The summed E-state index contributed by atoms with van der Waals surface area (Å²) in [5, 5.41) is 6.11. The average Bonchev–Trinajstić information content (AvgIpc) is 2.56. The van der Waals surface area contributed by atoms with Crippen LogP contribution in [0.15, 0.2) is 10.1 Å². The maximum absolute atomic E-state index is 5.34. The van der Waals surface area contributed by atoms with Crippen LogP contribution in [-0.2, 0) is 4.84 Å². The van der Waals surface area contributed by atoms with Gasteiger partial charge in [0.15, 0.2) is 5.17 Å². The number of hydrogen-bond donors (Lipinski definition) is 0. The third-order valence-electron chi connectivity index (χ3n) is 1.96. The molecule has 6 heteroatoms. The number of halogens is 1. The number of amidine groups is 1. The molecule has 1 aliphatic heterocycles. The molecule has 0 unspecified atom stereocenters. The number of thioether (sulfide) groups is 1. The molecule has 92 valence electrons. The van der Waals surface area contributed by atoms with E-state index in [1.54, 1.807) is 11.8 Å². The van der Waals surface area contributed by atoms with E-state index in [1.165, 1.54) is 0 Å². The van der Waals surface area contributed by atoms with Crippen LogP contribution in [0.25, 0.3) is 0 Å². The molecule has 0 fully saturated rings. The van der Waals surface area contributed by atoms with E-state index in [9.17, 15) is 0 Å². The molecule has 1 heterocycles. The maximum atomic E-state index is 5.34. The number of oxime groups is 1. The first-order valence-electron chi connectivity index (χ1n) is 5.39. The first-order valence-corrected chi connectivity index (χ1v) is 7.17. The summed E-state index contributed by atoms with van der Waals surface area (Å²) in [6.07, 6.45) is 0.856. The fourth-order valence-electron chi connectivity index (χ4n) is 1.19. The normalized spacial score (nSPS) is 19.3. The van der Waals surface area contributed by atoms with Gasteiger partial charge in [-0.3, -0.25) is 8.11 Å². The lowest BCUT2D eigenvalue weighted by Crippen LogP contribution is -2.21. The van der Waals surface area contributed by atoms with Crippen LogP contribution in [0.5, 0.6) is 0 Å². The minimum atomic E-state index is -0.165. The van der Waals surface area contributed by atoms with Gasteiger partial charge in [-0.05, 0) is 39.5 Å². The first kappa shape index (κ1) is 14.1. The van der Waals surface area contributed by atoms with Crippen LogP contribution < -0.4 is 0 Å². The summed E-state index contributed by atoms with van der Waals surface area (Å²) >= 11 is 3.88. The smallest absolute Gasteiger partial charge is 0.174 e. The van der Waals surface area contributed by atoms with Crippen molar-refractivity contribution in [2.75, 3.05) is 13.1 Å². The lowest BCUT2D eigenvalue weighted by atomic mass is 10.1. The van der Waals surface area contributed by atoms with E-state index in [-0.39, 0.29) is 5.60 Å². The molecule has 0 saturated carbocycles. The fourth-order valence-corrected chi connectivity index (χ4v) is 2.77. The van der Waals surface area contributed by atoms with Gasteiger partial charge >= 0.3 is 0 Å². The van der Waals surface area contributed by atoms with Crippen molar-refractivity contribution in [2.24, 2.45) is 10.1 Å². The Kier molecular flexibility index (Phi) is 5.36. The second kappa shape index (κ2) is 6.09. The van der Waals surface area contributed by atoms with E-state index >= 15 is 0 Å². The van der Waals surface area contributed by atoms with Crippen LogP contribution in [0.4, 0.5) is 0 Å². The lowest BCUT2D eigenvalue weighted by molar-refractivity contribution is 0.0123. The quantitative estimate of drug-likeness (QED) is 0.330. The van der Waals surface area contributed by atoms with Crippen molar-refractivity contribution in [1.29, 1.82) is 0 Å². The van der Waals surface area contributed by atoms with Gasteiger partial charge in [0, 0.05) is 19.5 Å². The summed E-state index contributed by atoms with van der Waals surface area (Å²) in [6, 6.07) is 0. The van der Waals surface area contributed by atoms with Crippen molar-refractivity contribution >= 4 is 44.8 Å². The number of hydrogen-bond acceptors (Lipinski definition) is 4. The Bertz CT molecular complexity index is 304. The third-order valence-corrected chi connectivity index (χ3v) is 4.41. The van der Waals surface area contributed by atoms with Crippen molar-refractivity contribution in [2.45, 2.75) is 39.7 Å². The molecule has 0 saturated heterocycles. The van der Waals surface area contributed by atoms with E-state index in [2.05, 4.69) is 43.0 Å². The zero-order valence-electron chi connectivity index (χ0n) is 10.2. The highest BCUT2D eigenvalue weighted by Crippen LogP contribution is 2.29. The van der Waals surface area contributed by atoms with E-state index in [0.29, 0.717) is 0 Å². The Labute approximate surface area is 115 Å². The van der Waals surface area contributed by atoms with Crippen LogP contribution in [-0.4, -0.2) is 32.0 Å². The molecule has 0 aromatic rings. The zero-order chi connectivity index (χ0) is 12.2. The Hall–Kier alpha value is 0.0200. The second-order valence-electron chi connectivity index (χ2n) is 4.05. The standard InChI is InChI=1S/C10H18IN3OS/c1-5-12-9(14(11)6-2)16-8-7-10(3,4)15-13-8/h5-7H2,1-4H3. The minimum absolute atomic E-state index is 0.165. The van der Waals surface area contributed by atoms with E-state index in [0.717, 1.165) is 29.7 Å². The monoisotopic (exact) mass is 355 g/mol. The summed E-state index contributed by atoms with van der Waals surface area (Å²) in [6.45, 7) is 9.96. The topological polar surface area (TPSA) is 37.2 Å². The molecular formula is C10H18IN3OS. The molecule has 1 aliphatic rings. The highest BCUT2D eigenvalue weighted by molar-refractivity contribution is 14.1. The van der Waals surface area contributed by atoms with Gasteiger partial charge in [0.2, 0.25) is 0 Å². The Morgan fingerprint density at radius 1 is 1.62 bits per heavy atom. The van der Waals surface area contributed by atoms with Gasteiger partial charge in [-0.25, -0.2) is 0 Å². The van der Waals surface area contributed by atoms with Crippen LogP contribution >= 0.6 is 34.6 Å². The predicted octanol–water partition coefficient (Wildman–Crippen LogP) is 3.28. The highest BCUT2D eigenvalue weighted by Gasteiger charge is 2.30. The van der Waals surface area contributed by atoms with E-state index in [1.807, 2.05) is 20.8 Å². The van der Waals surface area contributed by atoms with Crippen molar-refractivity contribution in [1.82, 2.24) is 3.11 Å². The summed E-state index contributed by atoms with van der Waals surface area (Å²) in [4.78, 5) is 9.80. The fraction of sp³-hybridized carbons (Fsp3) is 0.800. The molecule has 0 spiro atoms. The highest BCUT2D eigenvalue weighted by atomic mass is 127. The van der Waals surface area contributed by atoms with E-state index < -0.39 is 0 Å². The van der Waals surface area contributed by atoms with Gasteiger partial charge in [0.1, 0.15) is 10.6 Å². The molecule has 0 radical (unpaired) electrons. The van der Waals surface area contributed by atoms with Crippen LogP contribution in [0.1, 0.15) is 34.1 Å². The van der Waals surface area contributed by atoms with Crippen LogP contribution in [0.3, 0.4) is 0 Å².